The van der Waals surface area contributed by atoms with Crippen LogP contribution < -0.4 is 0 Å². The third-order valence-electron chi connectivity index (χ3n) is 4.28. The van der Waals surface area contributed by atoms with Crippen LogP contribution >= 0.6 is 0 Å². The van der Waals surface area contributed by atoms with E-state index in [-0.39, 0.29) is 17.7 Å². The van der Waals surface area contributed by atoms with Crippen molar-refractivity contribution in [2.75, 3.05) is 6.54 Å². The van der Waals surface area contributed by atoms with Gasteiger partial charge in [-0.1, -0.05) is 40.6 Å². The number of nitrogens with zero attached hydrogens (tertiary/aromatic N) is 3. The lowest BCUT2D eigenvalue weighted by atomic mass is 10.1. The van der Waals surface area contributed by atoms with E-state index in [2.05, 4.69) is 10.3 Å². The summed E-state index contributed by atoms with van der Waals surface area (Å²) in [5.41, 5.74) is 2.39. The van der Waals surface area contributed by atoms with Gasteiger partial charge in [-0.2, -0.15) is 0 Å². The van der Waals surface area contributed by atoms with Crippen molar-refractivity contribution in [1.82, 2.24) is 15.2 Å². The van der Waals surface area contributed by atoms with Gasteiger partial charge in [0.1, 0.15) is 5.69 Å². The molecule has 0 saturated carbocycles. The molecular formula is C18H17N3O3. The summed E-state index contributed by atoms with van der Waals surface area (Å²) >= 11 is 0. The lowest BCUT2D eigenvalue weighted by Gasteiger charge is -2.20. The number of likely N-dealkylation sites (tertiary alicyclic amines) is 1. The Balaban J connectivity index is 1.58. The molecule has 6 nitrogen and oxygen atoms in total. The van der Waals surface area contributed by atoms with E-state index in [4.69, 9.17) is 9.05 Å². The van der Waals surface area contributed by atoms with Gasteiger partial charge < -0.3 is 13.9 Å². The predicted octanol–water partition coefficient (Wildman–Crippen LogP) is 3.62. The third-order valence-corrected chi connectivity index (χ3v) is 4.28. The molecule has 24 heavy (non-hydrogen) atoms. The average Bonchev–Trinajstić information content (AvgIpc) is 3.35. The summed E-state index contributed by atoms with van der Waals surface area (Å²) in [4.78, 5) is 14.6. The molecule has 0 radical (unpaired) electrons. The zero-order valence-electron chi connectivity index (χ0n) is 13.3. The van der Waals surface area contributed by atoms with Crippen LogP contribution in [0.25, 0.3) is 11.3 Å². The van der Waals surface area contributed by atoms with Gasteiger partial charge in [-0.3, -0.25) is 4.79 Å². The van der Waals surface area contributed by atoms with Gasteiger partial charge in [-0.25, -0.2) is 0 Å². The second-order valence-corrected chi connectivity index (χ2v) is 5.97. The van der Waals surface area contributed by atoms with Gasteiger partial charge in [0.05, 0.1) is 11.7 Å². The minimum absolute atomic E-state index is 0.0935. The first-order valence-corrected chi connectivity index (χ1v) is 7.99. The Labute approximate surface area is 139 Å². The highest BCUT2D eigenvalue weighted by atomic mass is 16.5. The van der Waals surface area contributed by atoms with Crippen LogP contribution in [0.1, 0.15) is 40.9 Å². The maximum atomic E-state index is 12.8. The van der Waals surface area contributed by atoms with E-state index in [1.165, 1.54) is 0 Å². The number of carbonyl (C=O) groups excluding carboxylic acids is 1. The van der Waals surface area contributed by atoms with Crippen molar-refractivity contribution < 1.29 is 13.8 Å². The van der Waals surface area contributed by atoms with Crippen molar-refractivity contribution in [2.24, 2.45) is 0 Å². The highest BCUT2D eigenvalue weighted by Gasteiger charge is 2.34. The van der Waals surface area contributed by atoms with E-state index in [9.17, 15) is 4.79 Å². The van der Waals surface area contributed by atoms with Crippen molar-refractivity contribution in [3.8, 4) is 11.3 Å². The molecule has 1 fully saturated rings. The molecule has 1 aliphatic rings. The minimum atomic E-state index is -0.166. The maximum Gasteiger partial charge on any atom is 0.293 e. The molecular weight excluding hydrogens is 306 g/mol. The summed E-state index contributed by atoms with van der Waals surface area (Å²) in [6, 6.07) is 13.1. The summed E-state index contributed by atoms with van der Waals surface area (Å²) in [7, 11) is 0. The van der Waals surface area contributed by atoms with Crippen LogP contribution in [0.3, 0.4) is 0 Å². The largest absolute Gasteiger partial charge is 0.359 e. The zero-order valence-corrected chi connectivity index (χ0v) is 13.3. The van der Waals surface area contributed by atoms with E-state index in [0.29, 0.717) is 12.2 Å². The molecule has 4 rings (SSSR count). The number of aryl methyl sites for hydroxylation is 1. The molecule has 0 bridgehead atoms. The predicted molar refractivity (Wildman–Crippen MR) is 86.2 cm³/mol. The van der Waals surface area contributed by atoms with Crippen LogP contribution in [0.2, 0.25) is 0 Å². The van der Waals surface area contributed by atoms with Crippen LogP contribution in [0.5, 0.6) is 0 Å². The molecule has 1 aliphatic heterocycles. The average molecular weight is 323 g/mol. The van der Waals surface area contributed by atoms with Crippen molar-refractivity contribution in [3.63, 3.8) is 0 Å². The number of hydrogen-bond acceptors (Lipinski definition) is 5. The molecule has 1 unspecified atom stereocenters. The number of carbonyl (C=O) groups is 1. The molecule has 6 heteroatoms. The van der Waals surface area contributed by atoms with Gasteiger partial charge in [0.25, 0.3) is 5.91 Å². The molecule has 0 spiro atoms. The third kappa shape index (κ3) is 2.60. The van der Waals surface area contributed by atoms with Gasteiger partial charge in [-0.15, -0.1) is 0 Å². The molecule has 1 aromatic carbocycles. The lowest BCUT2D eigenvalue weighted by Crippen LogP contribution is -2.30. The Bertz CT molecular complexity index is 853. The first-order valence-electron chi connectivity index (χ1n) is 7.99. The van der Waals surface area contributed by atoms with E-state index in [1.54, 1.807) is 11.0 Å². The molecule has 0 N–H and O–H groups in total. The highest BCUT2D eigenvalue weighted by Crippen LogP contribution is 2.33. The van der Waals surface area contributed by atoms with E-state index in [1.807, 2.05) is 43.3 Å². The fourth-order valence-corrected chi connectivity index (χ4v) is 3.11. The molecule has 3 heterocycles. The summed E-state index contributed by atoms with van der Waals surface area (Å²) in [5, 5.41) is 7.95. The van der Waals surface area contributed by atoms with Crippen molar-refractivity contribution in [2.45, 2.75) is 25.8 Å². The molecule has 122 valence electrons. The van der Waals surface area contributed by atoms with Crippen LogP contribution in [0.4, 0.5) is 0 Å². The minimum Gasteiger partial charge on any atom is -0.359 e. The van der Waals surface area contributed by atoms with Crippen molar-refractivity contribution in [3.05, 3.63) is 59.7 Å². The Kier molecular flexibility index (Phi) is 3.65. The van der Waals surface area contributed by atoms with Crippen LogP contribution in [-0.4, -0.2) is 27.7 Å². The Morgan fingerprint density at radius 1 is 1.17 bits per heavy atom. The fourth-order valence-electron chi connectivity index (χ4n) is 3.11. The standard InChI is InChI=1S/C18H17N3O3/c1-12-10-16(23-19-12)15-8-5-9-21(15)18(22)17-11-14(20-24-17)13-6-3-2-4-7-13/h2-4,6-7,10-11,15H,5,8-9H2,1H3. The number of benzene rings is 1. The Morgan fingerprint density at radius 3 is 2.75 bits per heavy atom. The normalized spacial score (nSPS) is 17.4. The molecule has 1 atom stereocenters. The summed E-state index contributed by atoms with van der Waals surface area (Å²) in [5.74, 6) is 0.805. The van der Waals surface area contributed by atoms with Gasteiger partial charge in [0.2, 0.25) is 5.76 Å². The molecule has 0 aliphatic carbocycles. The maximum absolute atomic E-state index is 12.8. The molecule has 2 aromatic heterocycles. The second-order valence-electron chi connectivity index (χ2n) is 5.97. The number of rotatable bonds is 3. The summed E-state index contributed by atoms with van der Waals surface area (Å²) in [6.45, 7) is 2.54. The smallest absolute Gasteiger partial charge is 0.293 e. The zero-order chi connectivity index (χ0) is 16.5. The number of hydrogen-bond donors (Lipinski definition) is 0. The molecule has 1 amide bonds. The number of aromatic nitrogens is 2. The second kappa shape index (κ2) is 5.96. The van der Waals surface area contributed by atoms with Crippen LogP contribution in [0.15, 0.2) is 51.5 Å². The van der Waals surface area contributed by atoms with E-state index >= 15 is 0 Å². The fraction of sp³-hybridized carbons (Fsp3) is 0.278. The van der Waals surface area contributed by atoms with Crippen molar-refractivity contribution in [1.29, 1.82) is 0 Å². The van der Waals surface area contributed by atoms with Gasteiger partial charge in [0.15, 0.2) is 5.76 Å². The van der Waals surface area contributed by atoms with Crippen molar-refractivity contribution >= 4 is 5.91 Å². The quantitative estimate of drug-likeness (QED) is 0.736. The molecule has 3 aromatic rings. The van der Waals surface area contributed by atoms with Crippen LogP contribution in [0, 0.1) is 6.92 Å². The van der Waals surface area contributed by atoms with Gasteiger partial charge in [-0.05, 0) is 19.8 Å². The monoisotopic (exact) mass is 323 g/mol. The highest BCUT2D eigenvalue weighted by molar-refractivity contribution is 5.92. The van der Waals surface area contributed by atoms with E-state index < -0.39 is 0 Å². The molecule has 1 saturated heterocycles. The Morgan fingerprint density at radius 2 is 2.00 bits per heavy atom. The first kappa shape index (κ1) is 14.7. The summed E-state index contributed by atoms with van der Waals surface area (Å²) in [6.07, 6.45) is 1.79. The summed E-state index contributed by atoms with van der Waals surface area (Å²) < 4.78 is 10.6. The SMILES string of the molecule is Cc1cc(C2CCCN2C(=O)c2cc(-c3ccccc3)no2)on1. The number of amides is 1. The van der Waals surface area contributed by atoms with E-state index in [0.717, 1.165) is 29.9 Å². The first-order chi connectivity index (χ1) is 11.7. The Hall–Kier alpha value is -2.89. The van der Waals surface area contributed by atoms with Gasteiger partial charge in [0, 0.05) is 24.2 Å². The van der Waals surface area contributed by atoms with Crippen LogP contribution in [-0.2, 0) is 0 Å². The topological polar surface area (TPSA) is 72.4 Å². The lowest BCUT2D eigenvalue weighted by molar-refractivity contribution is 0.0672. The van der Waals surface area contributed by atoms with Gasteiger partial charge >= 0.3 is 0 Å².